The largest absolute Gasteiger partial charge is 0.392 e. The monoisotopic (exact) mass is 288 g/mol. The standard InChI is InChI=1S/C15H20N4O2/c1-15(2,3)14-17-12(18-19-14)13(21)16-8-10-4-6-11(9-20)7-5-10/h4-7,20H,8-9H2,1-3H3,(H,16,21)(H,17,18,19). The topological polar surface area (TPSA) is 90.9 Å². The minimum Gasteiger partial charge on any atom is -0.392 e. The summed E-state index contributed by atoms with van der Waals surface area (Å²) in [4.78, 5) is 16.2. The zero-order chi connectivity index (χ0) is 15.5. The van der Waals surface area contributed by atoms with E-state index >= 15 is 0 Å². The third-order valence-corrected chi connectivity index (χ3v) is 3.06. The highest BCUT2D eigenvalue weighted by molar-refractivity contribution is 5.90. The predicted octanol–water partition coefficient (Wildman–Crippen LogP) is 1.52. The zero-order valence-corrected chi connectivity index (χ0v) is 12.5. The molecule has 1 aromatic carbocycles. The van der Waals surface area contributed by atoms with Crippen molar-refractivity contribution in [1.29, 1.82) is 0 Å². The lowest BCUT2D eigenvalue weighted by Gasteiger charge is -2.12. The van der Waals surface area contributed by atoms with Gasteiger partial charge in [-0.15, -0.1) is 5.10 Å². The Balaban J connectivity index is 1.96. The molecule has 0 aliphatic carbocycles. The maximum absolute atomic E-state index is 12.0. The van der Waals surface area contributed by atoms with Gasteiger partial charge in [-0.3, -0.25) is 9.89 Å². The molecule has 0 aliphatic heterocycles. The number of aromatic amines is 1. The molecule has 1 heterocycles. The number of benzene rings is 1. The minimum absolute atomic E-state index is 0.0133. The number of aromatic nitrogens is 3. The lowest BCUT2D eigenvalue weighted by molar-refractivity contribution is 0.0941. The van der Waals surface area contributed by atoms with E-state index in [-0.39, 0.29) is 23.8 Å². The predicted molar refractivity (Wildman–Crippen MR) is 78.6 cm³/mol. The smallest absolute Gasteiger partial charge is 0.291 e. The highest BCUT2D eigenvalue weighted by atomic mass is 16.3. The van der Waals surface area contributed by atoms with Crippen LogP contribution in [0.3, 0.4) is 0 Å². The zero-order valence-electron chi connectivity index (χ0n) is 12.5. The Morgan fingerprint density at radius 2 is 1.86 bits per heavy atom. The van der Waals surface area contributed by atoms with Gasteiger partial charge in [-0.2, -0.15) is 0 Å². The van der Waals surface area contributed by atoms with Crippen molar-refractivity contribution in [3.05, 3.63) is 47.0 Å². The molecule has 0 spiro atoms. The van der Waals surface area contributed by atoms with Crippen LogP contribution in [-0.4, -0.2) is 26.2 Å². The van der Waals surface area contributed by atoms with Crippen LogP contribution in [0.5, 0.6) is 0 Å². The lowest BCUT2D eigenvalue weighted by atomic mass is 9.96. The molecule has 1 amide bonds. The Labute approximate surface area is 123 Å². The third-order valence-electron chi connectivity index (χ3n) is 3.06. The number of amides is 1. The summed E-state index contributed by atoms with van der Waals surface area (Å²) in [6, 6.07) is 7.38. The number of aliphatic hydroxyl groups is 1. The average Bonchev–Trinajstić information content (AvgIpc) is 2.95. The van der Waals surface area contributed by atoms with E-state index in [1.807, 2.05) is 45.0 Å². The molecule has 1 aromatic heterocycles. The fourth-order valence-corrected chi connectivity index (χ4v) is 1.72. The van der Waals surface area contributed by atoms with Crippen molar-refractivity contribution in [2.75, 3.05) is 0 Å². The van der Waals surface area contributed by atoms with Crippen LogP contribution in [0.15, 0.2) is 24.3 Å². The van der Waals surface area contributed by atoms with Crippen molar-refractivity contribution in [3.63, 3.8) is 0 Å². The summed E-state index contributed by atoms with van der Waals surface area (Å²) >= 11 is 0. The van der Waals surface area contributed by atoms with Gasteiger partial charge in [-0.05, 0) is 11.1 Å². The molecule has 2 aromatic rings. The van der Waals surface area contributed by atoms with Crippen LogP contribution < -0.4 is 5.32 Å². The molecule has 2 rings (SSSR count). The molecule has 0 radical (unpaired) electrons. The van der Waals surface area contributed by atoms with Gasteiger partial charge in [0.1, 0.15) is 5.82 Å². The summed E-state index contributed by atoms with van der Waals surface area (Å²) in [6.45, 7) is 6.40. The molecule has 0 bridgehead atoms. The van der Waals surface area contributed by atoms with Gasteiger partial charge >= 0.3 is 0 Å². The summed E-state index contributed by atoms with van der Waals surface area (Å²) in [5.41, 5.74) is 1.62. The molecule has 0 aliphatic rings. The first-order valence-corrected chi connectivity index (χ1v) is 6.80. The number of H-pyrrole nitrogens is 1. The molecule has 0 saturated carbocycles. The molecule has 0 fully saturated rings. The van der Waals surface area contributed by atoms with E-state index in [2.05, 4.69) is 20.5 Å². The molecule has 21 heavy (non-hydrogen) atoms. The third kappa shape index (κ3) is 3.88. The van der Waals surface area contributed by atoms with Gasteiger partial charge in [0.25, 0.3) is 5.91 Å². The summed E-state index contributed by atoms with van der Waals surface area (Å²) in [5, 5.41) is 18.5. The van der Waals surface area contributed by atoms with Gasteiger partial charge in [-0.1, -0.05) is 45.0 Å². The first kappa shape index (κ1) is 15.2. The number of nitrogens with one attached hydrogen (secondary N) is 2. The highest BCUT2D eigenvalue weighted by Crippen LogP contribution is 2.17. The second-order valence-corrected chi connectivity index (χ2v) is 5.91. The minimum atomic E-state index is -0.312. The number of rotatable bonds is 4. The Bertz CT molecular complexity index is 611. The van der Waals surface area contributed by atoms with E-state index < -0.39 is 0 Å². The van der Waals surface area contributed by atoms with E-state index in [1.165, 1.54) is 0 Å². The lowest BCUT2D eigenvalue weighted by Crippen LogP contribution is -2.24. The molecular weight excluding hydrogens is 268 g/mol. The normalized spacial score (nSPS) is 11.4. The molecule has 0 saturated heterocycles. The van der Waals surface area contributed by atoms with Crippen LogP contribution in [0, 0.1) is 0 Å². The summed E-state index contributed by atoms with van der Waals surface area (Å²) in [7, 11) is 0. The molecule has 3 N–H and O–H groups in total. The Hall–Kier alpha value is -2.21. The van der Waals surface area contributed by atoms with Crippen molar-refractivity contribution >= 4 is 5.91 Å². The summed E-state index contributed by atoms with van der Waals surface area (Å²) in [5.74, 6) is 0.514. The highest BCUT2D eigenvalue weighted by Gasteiger charge is 2.21. The number of nitrogens with zero attached hydrogens (tertiary/aromatic N) is 2. The number of hydrogen-bond donors (Lipinski definition) is 3. The van der Waals surface area contributed by atoms with E-state index in [9.17, 15) is 4.79 Å². The van der Waals surface area contributed by atoms with Crippen LogP contribution in [0.2, 0.25) is 0 Å². The van der Waals surface area contributed by atoms with Gasteiger partial charge in [0, 0.05) is 12.0 Å². The van der Waals surface area contributed by atoms with Crippen LogP contribution in [0.1, 0.15) is 48.3 Å². The maximum atomic E-state index is 12.0. The molecule has 112 valence electrons. The molecule has 0 unspecified atom stereocenters. The first-order chi connectivity index (χ1) is 9.90. The number of hydrogen-bond acceptors (Lipinski definition) is 4. The maximum Gasteiger partial charge on any atom is 0.291 e. The van der Waals surface area contributed by atoms with Gasteiger partial charge in [0.05, 0.1) is 6.61 Å². The van der Waals surface area contributed by atoms with Gasteiger partial charge in [0.15, 0.2) is 0 Å². The Morgan fingerprint density at radius 1 is 1.24 bits per heavy atom. The number of carbonyl (C=O) groups is 1. The van der Waals surface area contributed by atoms with E-state index in [0.29, 0.717) is 12.4 Å². The quantitative estimate of drug-likeness (QED) is 0.795. The summed E-state index contributed by atoms with van der Waals surface area (Å²) < 4.78 is 0. The van der Waals surface area contributed by atoms with Crippen molar-refractivity contribution in [3.8, 4) is 0 Å². The number of carbonyl (C=O) groups excluding carboxylic acids is 1. The van der Waals surface area contributed by atoms with E-state index in [1.54, 1.807) is 0 Å². The second-order valence-electron chi connectivity index (χ2n) is 5.91. The molecule has 6 nitrogen and oxygen atoms in total. The van der Waals surface area contributed by atoms with Crippen LogP contribution in [-0.2, 0) is 18.6 Å². The fourth-order valence-electron chi connectivity index (χ4n) is 1.72. The Morgan fingerprint density at radius 3 is 2.38 bits per heavy atom. The van der Waals surface area contributed by atoms with Gasteiger partial charge in [0.2, 0.25) is 5.82 Å². The van der Waals surface area contributed by atoms with Crippen molar-refractivity contribution in [2.24, 2.45) is 0 Å². The van der Waals surface area contributed by atoms with Crippen LogP contribution in [0.25, 0.3) is 0 Å². The van der Waals surface area contributed by atoms with E-state index in [0.717, 1.165) is 11.1 Å². The van der Waals surface area contributed by atoms with Gasteiger partial charge < -0.3 is 10.4 Å². The average molecular weight is 288 g/mol. The van der Waals surface area contributed by atoms with Crippen molar-refractivity contribution in [1.82, 2.24) is 20.5 Å². The first-order valence-electron chi connectivity index (χ1n) is 6.80. The van der Waals surface area contributed by atoms with Crippen LogP contribution in [0.4, 0.5) is 0 Å². The van der Waals surface area contributed by atoms with E-state index in [4.69, 9.17) is 5.11 Å². The fraction of sp³-hybridized carbons (Fsp3) is 0.400. The second kappa shape index (κ2) is 6.05. The van der Waals surface area contributed by atoms with Crippen molar-refractivity contribution in [2.45, 2.75) is 39.3 Å². The number of aliphatic hydroxyl groups excluding tert-OH is 1. The summed E-state index contributed by atoms with van der Waals surface area (Å²) in [6.07, 6.45) is 0. The van der Waals surface area contributed by atoms with Gasteiger partial charge in [-0.25, -0.2) is 4.98 Å². The van der Waals surface area contributed by atoms with Crippen LogP contribution >= 0.6 is 0 Å². The van der Waals surface area contributed by atoms with Crippen molar-refractivity contribution < 1.29 is 9.90 Å². The molecule has 0 atom stereocenters. The SMILES string of the molecule is CC(C)(C)c1nc(C(=O)NCc2ccc(CO)cc2)n[nH]1. The molecule has 6 heteroatoms. The Kier molecular flexibility index (Phi) is 4.37. The molecular formula is C15H20N4O2.